The number of sulfonamides is 1. The standard InChI is InChI=1S/C31H39N3O5S/c1-6-27(31(36)32-23(3)4)33(21-25-19-17-24(5)18-20-25)30(35)22-34(28-15-11-12-16-29(28)39-7-2)40(37,38)26-13-9-8-10-14-26/h8-20,23,27H,6-7,21-22H2,1-5H3,(H,32,36). The Balaban J connectivity index is 2.09. The number of carbonyl (C=O) groups is 2. The van der Waals surface area contributed by atoms with Crippen molar-refractivity contribution < 1.29 is 22.7 Å². The first kappa shape index (κ1) is 30.7. The van der Waals surface area contributed by atoms with Crippen molar-refractivity contribution in [1.29, 1.82) is 0 Å². The highest BCUT2D eigenvalue weighted by Crippen LogP contribution is 2.33. The van der Waals surface area contributed by atoms with Crippen LogP contribution in [0.4, 0.5) is 5.69 Å². The van der Waals surface area contributed by atoms with E-state index in [1.807, 2.05) is 52.0 Å². The molecule has 1 N–H and O–H groups in total. The minimum Gasteiger partial charge on any atom is -0.492 e. The van der Waals surface area contributed by atoms with E-state index >= 15 is 0 Å². The number of anilines is 1. The summed E-state index contributed by atoms with van der Waals surface area (Å²) in [5.41, 5.74) is 2.15. The van der Waals surface area contributed by atoms with Crippen LogP contribution in [0.1, 0.15) is 45.2 Å². The molecular weight excluding hydrogens is 526 g/mol. The van der Waals surface area contributed by atoms with E-state index in [2.05, 4.69) is 5.32 Å². The molecule has 0 heterocycles. The second kappa shape index (κ2) is 14.0. The first-order valence-electron chi connectivity index (χ1n) is 13.5. The molecular formula is C31H39N3O5S. The van der Waals surface area contributed by atoms with Crippen LogP contribution in [0.25, 0.3) is 0 Å². The molecule has 0 aliphatic carbocycles. The summed E-state index contributed by atoms with van der Waals surface area (Å²) in [6.07, 6.45) is 0.358. The predicted molar refractivity (Wildman–Crippen MR) is 158 cm³/mol. The van der Waals surface area contributed by atoms with Crippen molar-refractivity contribution in [3.05, 3.63) is 90.0 Å². The van der Waals surface area contributed by atoms with Crippen LogP contribution >= 0.6 is 0 Å². The van der Waals surface area contributed by atoms with Crippen LogP contribution in [-0.4, -0.2) is 50.4 Å². The molecule has 1 unspecified atom stereocenters. The number of rotatable bonds is 13. The zero-order valence-corrected chi connectivity index (χ0v) is 24.6. The predicted octanol–water partition coefficient (Wildman–Crippen LogP) is 4.92. The Morgan fingerprint density at radius 3 is 2.12 bits per heavy atom. The SMILES string of the molecule is CCOc1ccccc1N(CC(=O)N(Cc1ccc(C)cc1)C(CC)C(=O)NC(C)C)S(=O)(=O)c1ccccc1. The maximum Gasteiger partial charge on any atom is 0.264 e. The highest BCUT2D eigenvalue weighted by Gasteiger charge is 2.34. The Hall–Kier alpha value is -3.85. The summed E-state index contributed by atoms with van der Waals surface area (Å²) < 4.78 is 34.8. The van der Waals surface area contributed by atoms with Gasteiger partial charge in [0.25, 0.3) is 10.0 Å². The lowest BCUT2D eigenvalue weighted by Gasteiger charge is -2.34. The zero-order valence-electron chi connectivity index (χ0n) is 23.8. The lowest BCUT2D eigenvalue weighted by Crippen LogP contribution is -2.53. The summed E-state index contributed by atoms with van der Waals surface area (Å²) in [6, 6.07) is 21.5. The molecule has 3 aromatic carbocycles. The molecule has 8 nitrogen and oxygen atoms in total. The highest BCUT2D eigenvalue weighted by molar-refractivity contribution is 7.92. The van der Waals surface area contributed by atoms with Gasteiger partial charge < -0.3 is 15.0 Å². The number of benzene rings is 3. The number of aryl methyl sites for hydroxylation is 1. The molecule has 40 heavy (non-hydrogen) atoms. The molecule has 1 atom stereocenters. The molecule has 0 radical (unpaired) electrons. The van der Waals surface area contributed by atoms with Gasteiger partial charge in [-0.05, 0) is 63.9 Å². The smallest absolute Gasteiger partial charge is 0.264 e. The number of para-hydroxylation sites is 2. The maximum atomic E-state index is 14.1. The summed E-state index contributed by atoms with van der Waals surface area (Å²) in [5, 5.41) is 2.91. The number of hydrogen-bond acceptors (Lipinski definition) is 5. The summed E-state index contributed by atoms with van der Waals surface area (Å²) in [4.78, 5) is 28.9. The summed E-state index contributed by atoms with van der Waals surface area (Å²) in [7, 11) is -4.17. The Morgan fingerprint density at radius 2 is 1.52 bits per heavy atom. The molecule has 0 fully saturated rings. The summed E-state index contributed by atoms with van der Waals surface area (Å²) in [5.74, 6) is -0.450. The van der Waals surface area contributed by atoms with E-state index in [1.54, 1.807) is 49.4 Å². The first-order chi connectivity index (χ1) is 19.1. The van der Waals surface area contributed by atoms with Gasteiger partial charge in [0.15, 0.2) is 0 Å². The Morgan fingerprint density at radius 1 is 0.900 bits per heavy atom. The second-order valence-electron chi connectivity index (χ2n) is 9.82. The van der Waals surface area contributed by atoms with Gasteiger partial charge in [0.1, 0.15) is 18.3 Å². The van der Waals surface area contributed by atoms with Crippen LogP contribution in [0.15, 0.2) is 83.8 Å². The van der Waals surface area contributed by atoms with Crippen LogP contribution in [0.5, 0.6) is 5.75 Å². The van der Waals surface area contributed by atoms with Gasteiger partial charge in [-0.25, -0.2) is 8.42 Å². The van der Waals surface area contributed by atoms with Crippen LogP contribution < -0.4 is 14.4 Å². The van der Waals surface area contributed by atoms with Crippen molar-refractivity contribution >= 4 is 27.5 Å². The van der Waals surface area contributed by atoms with E-state index in [1.165, 1.54) is 17.0 Å². The van der Waals surface area contributed by atoms with E-state index in [4.69, 9.17) is 4.74 Å². The largest absolute Gasteiger partial charge is 0.492 e. The number of nitrogens with zero attached hydrogens (tertiary/aromatic N) is 2. The molecule has 0 spiro atoms. The van der Waals surface area contributed by atoms with Gasteiger partial charge in [0.2, 0.25) is 11.8 Å². The lowest BCUT2D eigenvalue weighted by atomic mass is 10.1. The molecule has 9 heteroatoms. The van der Waals surface area contributed by atoms with Crippen LogP contribution in [0.3, 0.4) is 0 Å². The van der Waals surface area contributed by atoms with Crippen LogP contribution in [0, 0.1) is 6.92 Å². The van der Waals surface area contributed by atoms with E-state index in [0.29, 0.717) is 18.8 Å². The summed E-state index contributed by atoms with van der Waals surface area (Å²) >= 11 is 0. The van der Waals surface area contributed by atoms with E-state index in [9.17, 15) is 18.0 Å². The average Bonchev–Trinajstić information content (AvgIpc) is 2.93. The molecule has 3 rings (SSSR count). The quantitative estimate of drug-likeness (QED) is 0.317. The fourth-order valence-electron chi connectivity index (χ4n) is 4.36. The number of nitrogens with one attached hydrogen (secondary N) is 1. The van der Waals surface area contributed by atoms with E-state index < -0.39 is 28.5 Å². The van der Waals surface area contributed by atoms with Gasteiger partial charge >= 0.3 is 0 Å². The summed E-state index contributed by atoms with van der Waals surface area (Å²) in [6.45, 7) is 9.28. The lowest BCUT2D eigenvalue weighted by molar-refractivity contribution is -0.140. The second-order valence-corrected chi connectivity index (χ2v) is 11.7. The van der Waals surface area contributed by atoms with Crippen LogP contribution in [0.2, 0.25) is 0 Å². The minimum absolute atomic E-state index is 0.0452. The zero-order chi connectivity index (χ0) is 29.3. The van der Waals surface area contributed by atoms with Crippen molar-refractivity contribution in [1.82, 2.24) is 10.2 Å². The van der Waals surface area contributed by atoms with Crippen molar-refractivity contribution in [2.24, 2.45) is 0 Å². The average molecular weight is 566 g/mol. The minimum atomic E-state index is -4.17. The molecule has 0 aliphatic rings. The number of ether oxygens (including phenoxy) is 1. The molecule has 0 saturated carbocycles. The highest BCUT2D eigenvalue weighted by atomic mass is 32.2. The molecule has 0 aliphatic heterocycles. The molecule has 0 aromatic heterocycles. The Labute approximate surface area is 238 Å². The van der Waals surface area contributed by atoms with Gasteiger partial charge in [-0.1, -0.05) is 67.1 Å². The van der Waals surface area contributed by atoms with Crippen molar-refractivity contribution in [2.45, 2.75) is 64.6 Å². The normalized spacial score (nSPS) is 12.1. The molecule has 0 saturated heterocycles. The van der Waals surface area contributed by atoms with E-state index in [0.717, 1.165) is 15.4 Å². The third-order valence-electron chi connectivity index (χ3n) is 6.33. The monoisotopic (exact) mass is 565 g/mol. The fraction of sp³-hybridized carbons (Fsp3) is 0.355. The van der Waals surface area contributed by atoms with Crippen molar-refractivity contribution in [3.8, 4) is 5.75 Å². The molecule has 0 bridgehead atoms. The van der Waals surface area contributed by atoms with E-state index in [-0.39, 0.29) is 29.1 Å². The number of hydrogen-bond donors (Lipinski definition) is 1. The van der Waals surface area contributed by atoms with Crippen molar-refractivity contribution in [2.75, 3.05) is 17.5 Å². The molecule has 3 aromatic rings. The first-order valence-corrected chi connectivity index (χ1v) is 15.0. The van der Waals surface area contributed by atoms with Gasteiger partial charge in [0, 0.05) is 12.6 Å². The molecule has 214 valence electrons. The number of amides is 2. The fourth-order valence-corrected chi connectivity index (χ4v) is 5.81. The third-order valence-corrected chi connectivity index (χ3v) is 8.11. The maximum absolute atomic E-state index is 14.1. The topological polar surface area (TPSA) is 96.0 Å². The number of carbonyl (C=O) groups excluding carboxylic acids is 2. The van der Waals surface area contributed by atoms with Gasteiger partial charge in [0.05, 0.1) is 17.2 Å². The Bertz CT molecular complexity index is 1380. The van der Waals surface area contributed by atoms with Gasteiger partial charge in [-0.3, -0.25) is 13.9 Å². The Kier molecular flexibility index (Phi) is 10.7. The van der Waals surface area contributed by atoms with Crippen molar-refractivity contribution in [3.63, 3.8) is 0 Å². The van der Waals surface area contributed by atoms with Gasteiger partial charge in [-0.15, -0.1) is 0 Å². The third kappa shape index (κ3) is 7.63. The van der Waals surface area contributed by atoms with Crippen LogP contribution in [-0.2, 0) is 26.2 Å². The molecule has 2 amide bonds. The van der Waals surface area contributed by atoms with Gasteiger partial charge in [-0.2, -0.15) is 0 Å².